The number of ether oxygens (including phenoxy) is 2. The molecule has 0 heterocycles. The van der Waals surface area contributed by atoms with Gasteiger partial charge in [0.05, 0.1) is 17.2 Å². The molecule has 3 rings (SSSR count). The first kappa shape index (κ1) is 21.0. The highest BCUT2D eigenvalue weighted by molar-refractivity contribution is 6.42. The molecule has 0 fully saturated rings. The minimum absolute atomic E-state index is 0.265. The van der Waals surface area contributed by atoms with Crippen LogP contribution in [0.5, 0.6) is 11.5 Å². The van der Waals surface area contributed by atoms with Crippen molar-refractivity contribution in [3.63, 3.8) is 0 Å². The third-order valence-corrected chi connectivity index (χ3v) is 5.05. The van der Waals surface area contributed by atoms with Gasteiger partial charge in [0.15, 0.2) is 0 Å². The van der Waals surface area contributed by atoms with Gasteiger partial charge in [-0.15, -0.1) is 0 Å². The van der Waals surface area contributed by atoms with Crippen molar-refractivity contribution < 1.29 is 14.3 Å². The van der Waals surface area contributed by atoms with Crippen molar-refractivity contribution in [3.8, 4) is 11.5 Å². The summed E-state index contributed by atoms with van der Waals surface area (Å²) in [6.45, 7) is 4.32. The predicted octanol–water partition coefficient (Wildman–Crippen LogP) is 6.45. The van der Waals surface area contributed by atoms with Crippen molar-refractivity contribution in [1.82, 2.24) is 0 Å². The average Bonchev–Trinajstić information content (AvgIpc) is 2.68. The summed E-state index contributed by atoms with van der Waals surface area (Å²) < 4.78 is 11.4. The molecule has 0 unspecified atom stereocenters. The Balaban J connectivity index is 1.78. The number of hydrogen-bond donors (Lipinski definition) is 1. The second-order valence-electron chi connectivity index (χ2n) is 6.72. The zero-order chi connectivity index (χ0) is 21.0. The minimum Gasteiger partial charge on any atom is -0.496 e. The van der Waals surface area contributed by atoms with Crippen molar-refractivity contribution in [2.75, 3.05) is 12.4 Å². The van der Waals surface area contributed by atoms with Crippen LogP contribution in [-0.4, -0.2) is 13.0 Å². The summed E-state index contributed by atoms with van der Waals surface area (Å²) in [6, 6.07) is 16.2. The highest BCUT2D eigenvalue weighted by Gasteiger charge is 2.12. The highest BCUT2D eigenvalue weighted by atomic mass is 35.5. The number of aryl methyl sites for hydroxylation is 2. The smallest absolute Gasteiger partial charge is 0.255 e. The Morgan fingerprint density at radius 3 is 2.31 bits per heavy atom. The van der Waals surface area contributed by atoms with Gasteiger partial charge in [0.1, 0.15) is 18.1 Å². The van der Waals surface area contributed by atoms with E-state index in [0.29, 0.717) is 27.0 Å². The normalized spacial score (nSPS) is 10.5. The van der Waals surface area contributed by atoms with Gasteiger partial charge < -0.3 is 14.8 Å². The fourth-order valence-electron chi connectivity index (χ4n) is 2.99. The van der Waals surface area contributed by atoms with Crippen molar-refractivity contribution in [2.45, 2.75) is 20.5 Å². The number of halogens is 2. The molecule has 0 aromatic heterocycles. The third-order valence-electron chi connectivity index (χ3n) is 4.31. The Morgan fingerprint density at radius 1 is 0.931 bits per heavy atom. The van der Waals surface area contributed by atoms with Crippen LogP contribution in [0.25, 0.3) is 0 Å². The molecule has 1 amide bonds. The molecule has 0 aliphatic carbocycles. The molecule has 29 heavy (non-hydrogen) atoms. The molecule has 0 spiro atoms. The summed E-state index contributed by atoms with van der Waals surface area (Å²) >= 11 is 11.9. The Hall–Kier alpha value is -2.69. The van der Waals surface area contributed by atoms with E-state index >= 15 is 0 Å². The number of hydrogen-bond acceptors (Lipinski definition) is 3. The summed E-state index contributed by atoms with van der Waals surface area (Å²) in [4.78, 5) is 12.7. The maximum atomic E-state index is 12.7. The van der Waals surface area contributed by atoms with Crippen LogP contribution < -0.4 is 14.8 Å². The van der Waals surface area contributed by atoms with Crippen LogP contribution >= 0.6 is 23.2 Å². The second-order valence-corrected chi connectivity index (χ2v) is 7.54. The zero-order valence-electron chi connectivity index (χ0n) is 16.4. The van der Waals surface area contributed by atoms with Gasteiger partial charge in [0.25, 0.3) is 5.91 Å². The molecule has 3 aromatic rings. The van der Waals surface area contributed by atoms with Crippen LogP contribution in [0.1, 0.15) is 27.0 Å². The van der Waals surface area contributed by atoms with Crippen LogP contribution in [0, 0.1) is 13.8 Å². The lowest BCUT2D eigenvalue weighted by Gasteiger charge is -2.13. The molecule has 4 nitrogen and oxygen atoms in total. The number of carbonyl (C=O) groups excluding carboxylic acids is 1. The fourth-order valence-corrected chi connectivity index (χ4v) is 3.29. The highest BCUT2D eigenvalue weighted by Crippen LogP contribution is 2.27. The number of nitrogens with one attached hydrogen (secondary N) is 1. The molecule has 0 saturated carbocycles. The summed E-state index contributed by atoms with van der Waals surface area (Å²) in [6.07, 6.45) is 0. The van der Waals surface area contributed by atoms with Crippen molar-refractivity contribution in [3.05, 3.63) is 86.9 Å². The maximum absolute atomic E-state index is 12.7. The maximum Gasteiger partial charge on any atom is 0.255 e. The first-order valence-corrected chi connectivity index (χ1v) is 9.75. The quantitative estimate of drug-likeness (QED) is 0.489. The lowest BCUT2D eigenvalue weighted by Crippen LogP contribution is -2.13. The molecule has 3 aromatic carbocycles. The molecular formula is C23H21Cl2NO3. The van der Waals surface area contributed by atoms with Gasteiger partial charge >= 0.3 is 0 Å². The molecule has 0 aliphatic rings. The van der Waals surface area contributed by atoms with Gasteiger partial charge in [-0.1, -0.05) is 29.3 Å². The van der Waals surface area contributed by atoms with Gasteiger partial charge in [-0.25, -0.2) is 0 Å². The van der Waals surface area contributed by atoms with Gasteiger partial charge in [-0.2, -0.15) is 0 Å². The lowest BCUT2D eigenvalue weighted by atomic mass is 10.1. The molecule has 0 saturated heterocycles. The number of benzene rings is 3. The van der Waals surface area contributed by atoms with E-state index in [0.717, 1.165) is 22.4 Å². The van der Waals surface area contributed by atoms with E-state index in [-0.39, 0.29) is 12.5 Å². The average molecular weight is 430 g/mol. The second kappa shape index (κ2) is 9.21. The summed E-state index contributed by atoms with van der Waals surface area (Å²) in [5.74, 6) is 1.16. The van der Waals surface area contributed by atoms with Crippen molar-refractivity contribution >= 4 is 34.8 Å². The largest absolute Gasteiger partial charge is 0.496 e. The first-order valence-electron chi connectivity index (χ1n) is 9.00. The topological polar surface area (TPSA) is 47.6 Å². The zero-order valence-corrected chi connectivity index (χ0v) is 17.9. The molecule has 1 N–H and O–H groups in total. The summed E-state index contributed by atoms with van der Waals surface area (Å²) in [5, 5.41) is 3.62. The van der Waals surface area contributed by atoms with E-state index < -0.39 is 0 Å². The monoisotopic (exact) mass is 429 g/mol. The van der Waals surface area contributed by atoms with Crippen LogP contribution in [0.15, 0.2) is 54.6 Å². The van der Waals surface area contributed by atoms with E-state index in [1.165, 1.54) is 0 Å². The SMILES string of the molecule is COc1ccc(C(=O)Nc2ccc(Cl)c(Cl)c2)cc1COc1cc(C)cc(C)c1. The van der Waals surface area contributed by atoms with Gasteiger partial charge in [-0.05, 0) is 73.5 Å². The predicted molar refractivity (Wildman–Crippen MR) is 118 cm³/mol. The number of anilines is 1. The Bertz CT molecular complexity index is 1030. The standard InChI is InChI=1S/C23H21Cl2NO3/c1-14-8-15(2)10-19(9-14)29-13-17-11-16(4-7-22(17)28-3)23(27)26-18-5-6-20(24)21(25)12-18/h4-12H,13H2,1-3H3,(H,26,27). The van der Waals surface area contributed by atoms with Crippen LogP contribution in [0.2, 0.25) is 10.0 Å². The number of carbonyl (C=O) groups is 1. The van der Waals surface area contributed by atoms with Crippen LogP contribution in [0.4, 0.5) is 5.69 Å². The van der Waals surface area contributed by atoms with Gasteiger partial charge in [0, 0.05) is 16.8 Å². The van der Waals surface area contributed by atoms with Crippen molar-refractivity contribution in [1.29, 1.82) is 0 Å². The van der Waals surface area contributed by atoms with Gasteiger partial charge in [0.2, 0.25) is 0 Å². The number of amides is 1. The van der Waals surface area contributed by atoms with Gasteiger partial charge in [-0.3, -0.25) is 4.79 Å². The van der Waals surface area contributed by atoms with E-state index in [4.69, 9.17) is 32.7 Å². The Kier molecular flexibility index (Phi) is 6.68. The molecule has 0 aliphatic heterocycles. The minimum atomic E-state index is -0.265. The Labute approximate surface area is 180 Å². The van der Waals surface area contributed by atoms with Crippen LogP contribution in [0.3, 0.4) is 0 Å². The van der Waals surface area contributed by atoms with E-state index in [1.807, 2.05) is 26.0 Å². The summed E-state index contributed by atoms with van der Waals surface area (Å²) in [5.41, 5.74) is 4.07. The molecule has 0 atom stereocenters. The number of methoxy groups -OCH3 is 1. The Morgan fingerprint density at radius 2 is 1.66 bits per heavy atom. The van der Waals surface area contributed by atoms with Crippen molar-refractivity contribution in [2.24, 2.45) is 0 Å². The lowest BCUT2D eigenvalue weighted by molar-refractivity contribution is 0.102. The molecular weight excluding hydrogens is 409 g/mol. The first-order chi connectivity index (χ1) is 13.9. The van der Waals surface area contributed by atoms with E-state index in [2.05, 4.69) is 11.4 Å². The van der Waals surface area contributed by atoms with E-state index in [1.54, 1.807) is 43.5 Å². The molecule has 0 radical (unpaired) electrons. The molecule has 6 heteroatoms. The van der Waals surface area contributed by atoms with Crippen LogP contribution in [-0.2, 0) is 6.61 Å². The number of rotatable bonds is 6. The third kappa shape index (κ3) is 5.43. The summed E-state index contributed by atoms with van der Waals surface area (Å²) in [7, 11) is 1.59. The molecule has 150 valence electrons. The molecule has 0 bridgehead atoms. The van der Waals surface area contributed by atoms with E-state index in [9.17, 15) is 4.79 Å². The fraction of sp³-hybridized carbons (Fsp3) is 0.174.